The quantitative estimate of drug-likeness (QED) is 0.813. The van der Waals surface area contributed by atoms with E-state index >= 15 is 0 Å². The minimum Gasteiger partial charge on any atom is -0.389 e. The average molecular weight is 276 g/mol. The highest BCUT2D eigenvalue weighted by Gasteiger charge is 2.15. The first-order valence-corrected chi connectivity index (χ1v) is 6.24. The Morgan fingerprint density at radius 3 is 2.68 bits per heavy atom. The Bertz CT molecular complexity index is 601. The van der Waals surface area contributed by atoms with Crippen molar-refractivity contribution in [1.82, 2.24) is 19.7 Å². The fourth-order valence-corrected chi connectivity index (χ4v) is 2.09. The summed E-state index contributed by atoms with van der Waals surface area (Å²) in [5, 5.41) is 7.56. The lowest BCUT2D eigenvalue weighted by molar-refractivity contribution is 0.756. The lowest BCUT2D eigenvalue weighted by atomic mass is 10.2. The number of aromatic nitrogens is 4. The van der Waals surface area contributed by atoms with E-state index in [1.54, 1.807) is 17.1 Å². The Balaban J connectivity index is 2.20. The van der Waals surface area contributed by atoms with Gasteiger partial charge in [-0.15, -0.1) is 0 Å². The Hall–Kier alpha value is -2.02. The average Bonchev–Trinajstić information content (AvgIpc) is 2.63. The first-order valence-electron chi connectivity index (χ1n) is 5.84. The fourth-order valence-electron chi connectivity index (χ4n) is 1.84. The predicted molar refractivity (Wildman–Crippen MR) is 77.9 cm³/mol. The normalized spacial score (nSPS) is 10.5. The van der Waals surface area contributed by atoms with Gasteiger partial charge in [-0.3, -0.25) is 14.6 Å². The number of rotatable bonds is 4. The van der Waals surface area contributed by atoms with E-state index in [2.05, 4.69) is 20.4 Å². The van der Waals surface area contributed by atoms with Crippen LogP contribution in [0, 0.1) is 13.8 Å². The van der Waals surface area contributed by atoms with Gasteiger partial charge in [-0.2, -0.15) is 5.10 Å². The van der Waals surface area contributed by atoms with Crippen LogP contribution in [-0.2, 0) is 13.6 Å². The van der Waals surface area contributed by atoms with Gasteiger partial charge >= 0.3 is 0 Å². The molecule has 0 saturated carbocycles. The summed E-state index contributed by atoms with van der Waals surface area (Å²) >= 11 is 5.05. The molecule has 7 heteroatoms. The highest BCUT2D eigenvalue weighted by atomic mass is 32.1. The molecule has 0 atom stereocenters. The monoisotopic (exact) mass is 276 g/mol. The van der Waals surface area contributed by atoms with Crippen LogP contribution in [0.2, 0.25) is 0 Å². The van der Waals surface area contributed by atoms with Crippen LogP contribution in [-0.4, -0.2) is 24.7 Å². The lowest BCUT2D eigenvalue weighted by Gasteiger charge is -2.08. The zero-order valence-corrected chi connectivity index (χ0v) is 12.0. The topological polar surface area (TPSA) is 81.6 Å². The van der Waals surface area contributed by atoms with E-state index in [0.717, 1.165) is 28.5 Å². The first kappa shape index (κ1) is 13.4. The Morgan fingerprint density at radius 2 is 2.11 bits per heavy atom. The van der Waals surface area contributed by atoms with Gasteiger partial charge in [0.25, 0.3) is 0 Å². The summed E-state index contributed by atoms with van der Waals surface area (Å²) in [5.41, 5.74) is 9.05. The second-order valence-electron chi connectivity index (χ2n) is 4.30. The van der Waals surface area contributed by atoms with Crippen molar-refractivity contribution in [3.8, 4) is 0 Å². The number of nitrogens with zero attached hydrogens (tertiary/aromatic N) is 4. The van der Waals surface area contributed by atoms with Gasteiger partial charge in [-0.25, -0.2) is 0 Å². The van der Waals surface area contributed by atoms with E-state index in [0.29, 0.717) is 11.5 Å². The number of nitrogens with two attached hydrogens (primary N) is 1. The molecule has 2 aromatic rings. The third kappa shape index (κ3) is 2.87. The van der Waals surface area contributed by atoms with Crippen molar-refractivity contribution < 1.29 is 0 Å². The van der Waals surface area contributed by atoms with Crippen molar-refractivity contribution >= 4 is 23.0 Å². The molecular formula is C12H16N6S. The van der Waals surface area contributed by atoms with Crippen molar-refractivity contribution in [2.45, 2.75) is 20.4 Å². The number of anilines is 1. The van der Waals surface area contributed by atoms with E-state index in [1.807, 2.05) is 20.9 Å². The standard InChI is InChI=1S/C12H16N6S/c1-7-4-15-9(5-14-7)6-16-12-10(11(13)19)8(2)17-18(12)3/h4-5,16H,6H2,1-3H3,(H2,13,19). The molecule has 0 spiro atoms. The van der Waals surface area contributed by atoms with Crippen LogP contribution in [0.15, 0.2) is 12.4 Å². The first-order chi connectivity index (χ1) is 8.99. The van der Waals surface area contributed by atoms with Gasteiger partial charge < -0.3 is 11.1 Å². The van der Waals surface area contributed by atoms with Crippen LogP contribution in [0.3, 0.4) is 0 Å². The summed E-state index contributed by atoms with van der Waals surface area (Å²) in [4.78, 5) is 8.82. The molecule has 0 aromatic carbocycles. The highest BCUT2D eigenvalue weighted by molar-refractivity contribution is 7.80. The Kier molecular flexibility index (Phi) is 3.75. The fraction of sp³-hybridized carbons (Fsp3) is 0.333. The van der Waals surface area contributed by atoms with Crippen molar-refractivity contribution in [2.75, 3.05) is 5.32 Å². The van der Waals surface area contributed by atoms with Crippen LogP contribution in [0.5, 0.6) is 0 Å². The maximum Gasteiger partial charge on any atom is 0.134 e. The summed E-state index contributed by atoms with van der Waals surface area (Å²) in [6, 6.07) is 0. The van der Waals surface area contributed by atoms with Gasteiger partial charge in [0.1, 0.15) is 10.8 Å². The lowest BCUT2D eigenvalue weighted by Crippen LogP contribution is -2.14. The van der Waals surface area contributed by atoms with Gasteiger partial charge in [0.15, 0.2) is 0 Å². The van der Waals surface area contributed by atoms with Crippen molar-refractivity contribution in [3.63, 3.8) is 0 Å². The molecule has 0 fully saturated rings. The summed E-state index contributed by atoms with van der Waals surface area (Å²) in [6.07, 6.45) is 3.48. The highest BCUT2D eigenvalue weighted by Crippen LogP contribution is 2.19. The molecule has 0 amide bonds. The molecular weight excluding hydrogens is 260 g/mol. The van der Waals surface area contributed by atoms with E-state index in [-0.39, 0.29) is 0 Å². The van der Waals surface area contributed by atoms with Crippen LogP contribution in [0.4, 0.5) is 5.82 Å². The molecule has 6 nitrogen and oxygen atoms in total. The molecule has 0 unspecified atom stereocenters. The zero-order chi connectivity index (χ0) is 14.0. The van der Waals surface area contributed by atoms with E-state index in [9.17, 15) is 0 Å². The minimum atomic E-state index is 0.336. The van der Waals surface area contributed by atoms with Gasteiger partial charge in [-0.1, -0.05) is 12.2 Å². The van der Waals surface area contributed by atoms with Crippen LogP contribution in [0.25, 0.3) is 0 Å². The molecule has 100 valence electrons. The molecule has 2 rings (SSSR count). The molecule has 0 aliphatic heterocycles. The number of aryl methyl sites for hydroxylation is 3. The third-order valence-corrected chi connectivity index (χ3v) is 2.94. The predicted octanol–water partition coefficient (Wildman–Crippen LogP) is 1.07. The Morgan fingerprint density at radius 1 is 1.37 bits per heavy atom. The second-order valence-corrected chi connectivity index (χ2v) is 4.74. The summed E-state index contributed by atoms with van der Waals surface area (Å²) in [5.74, 6) is 0.798. The Labute approximate surface area is 117 Å². The van der Waals surface area contributed by atoms with Gasteiger partial charge in [0.05, 0.1) is 35.4 Å². The molecule has 0 saturated heterocycles. The summed E-state index contributed by atoms with van der Waals surface area (Å²) in [6.45, 7) is 4.33. The number of nitrogens with one attached hydrogen (secondary N) is 1. The number of hydrogen-bond acceptors (Lipinski definition) is 5. The second kappa shape index (κ2) is 5.31. The van der Waals surface area contributed by atoms with Crippen molar-refractivity contribution in [2.24, 2.45) is 12.8 Å². The van der Waals surface area contributed by atoms with Crippen molar-refractivity contribution in [3.05, 3.63) is 35.0 Å². The molecule has 2 heterocycles. The van der Waals surface area contributed by atoms with Crippen LogP contribution in [0.1, 0.15) is 22.6 Å². The van der Waals surface area contributed by atoms with Gasteiger partial charge in [0, 0.05) is 13.2 Å². The summed E-state index contributed by atoms with van der Waals surface area (Å²) < 4.78 is 1.73. The van der Waals surface area contributed by atoms with E-state index in [4.69, 9.17) is 18.0 Å². The van der Waals surface area contributed by atoms with Crippen molar-refractivity contribution in [1.29, 1.82) is 0 Å². The van der Waals surface area contributed by atoms with Crippen LogP contribution >= 0.6 is 12.2 Å². The smallest absolute Gasteiger partial charge is 0.134 e. The molecule has 0 aliphatic carbocycles. The number of hydrogen-bond donors (Lipinski definition) is 2. The molecule has 0 bridgehead atoms. The van der Waals surface area contributed by atoms with Gasteiger partial charge in [-0.05, 0) is 13.8 Å². The maximum absolute atomic E-state index is 5.73. The third-order valence-electron chi connectivity index (χ3n) is 2.74. The SMILES string of the molecule is Cc1cnc(CNc2c(C(N)=S)c(C)nn2C)cn1. The molecule has 0 radical (unpaired) electrons. The minimum absolute atomic E-state index is 0.336. The largest absolute Gasteiger partial charge is 0.389 e. The van der Waals surface area contributed by atoms with Gasteiger partial charge in [0.2, 0.25) is 0 Å². The van der Waals surface area contributed by atoms with E-state index < -0.39 is 0 Å². The molecule has 0 aliphatic rings. The zero-order valence-electron chi connectivity index (χ0n) is 11.1. The molecule has 19 heavy (non-hydrogen) atoms. The number of thiocarbonyl (C=S) groups is 1. The summed E-state index contributed by atoms with van der Waals surface area (Å²) in [7, 11) is 1.85. The van der Waals surface area contributed by atoms with Crippen LogP contribution < -0.4 is 11.1 Å². The van der Waals surface area contributed by atoms with E-state index in [1.165, 1.54) is 0 Å². The molecule has 2 aromatic heterocycles. The maximum atomic E-state index is 5.73. The molecule has 3 N–H and O–H groups in total.